The number of nitrogens with one attached hydrogen (secondary N) is 1. The van der Waals surface area contributed by atoms with E-state index < -0.39 is 0 Å². The van der Waals surface area contributed by atoms with Gasteiger partial charge in [0.2, 0.25) is 5.91 Å². The van der Waals surface area contributed by atoms with Crippen LogP contribution < -0.4 is 5.32 Å². The van der Waals surface area contributed by atoms with Crippen LogP contribution in [0.5, 0.6) is 0 Å². The second-order valence-corrected chi connectivity index (χ2v) is 5.29. The number of hydrogen-bond donors (Lipinski definition) is 1. The summed E-state index contributed by atoms with van der Waals surface area (Å²) in [6.45, 7) is 7.75. The lowest BCUT2D eigenvalue weighted by molar-refractivity contribution is -0.122. The van der Waals surface area contributed by atoms with E-state index in [9.17, 15) is 4.79 Å². The monoisotopic (exact) mass is 250 g/mol. The van der Waals surface area contributed by atoms with Crippen LogP contribution in [0.1, 0.15) is 23.4 Å². The Morgan fingerprint density at radius 2 is 2.59 bits per heavy atom. The first-order valence-corrected chi connectivity index (χ1v) is 6.78. The highest BCUT2D eigenvalue weighted by Crippen LogP contribution is 2.32. The molecule has 1 amide bonds. The summed E-state index contributed by atoms with van der Waals surface area (Å²) in [5.74, 6) is 0.0791. The highest BCUT2D eigenvalue weighted by atomic mass is 32.1. The Kier molecular flexibility index (Phi) is 3.97. The average Bonchev–Trinajstić information content (AvgIpc) is 2.79. The summed E-state index contributed by atoms with van der Waals surface area (Å²) in [4.78, 5) is 15.4. The SMILES string of the molecule is C=CCNC(=O)CN1CCc2sccc2C1C. The third-order valence-electron chi connectivity index (χ3n) is 3.19. The van der Waals surface area contributed by atoms with Crippen LogP contribution in [0, 0.1) is 0 Å². The van der Waals surface area contributed by atoms with E-state index in [1.165, 1.54) is 10.4 Å². The molecule has 2 heterocycles. The van der Waals surface area contributed by atoms with Crippen LogP contribution in [0.15, 0.2) is 24.1 Å². The Bertz CT molecular complexity index is 413. The Labute approximate surface area is 106 Å². The third kappa shape index (κ3) is 2.76. The van der Waals surface area contributed by atoms with E-state index in [0.29, 0.717) is 19.1 Å². The van der Waals surface area contributed by atoms with Gasteiger partial charge in [0, 0.05) is 24.0 Å². The Morgan fingerprint density at radius 3 is 3.35 bits per heavy atom. The first-order valence-electron chi connectivity index (χ1n) is 5.90. The van der Waals surface area contributed by atoms with E-state index in [0.717, 1.165) is 13.0 Å². The molecule has 1 unspecified atom stereocenters. The topological polar surface area (TPSA) is 32.3 Å². The molecule has 4 heteroatoms. The molecule has 1 aromatic rings. The van der Waals surface area contributed by atoms with Crippen molar-refractivity contribution in [3.63, 3.8) is 0 Å². The number of carbonyl (C=O) groups is 1. The van der Waals surface area contributed by atoms with Gasteiger partial charge in [0.25, 0.3) is 0 Å². The minimum absolute atomic E-state index is 0.0791. The van der Waals surface area contributed by atoms with Gasteiger partial charge in [-0.2, -0.15) is 0 Å². The molecule has 1 aromatic heterocycles. The van der Waals surface area contributed by atoms with Crippen molar-refractivity contribution in [1.82, 2.24) is 10.2 Å². The highest BCUT2D eigenvalue weighted by molar-refractivity contribution is 7.10. The Hall–Kier alpha value is -1.13. The number of amides is 1. The van der Waals surface area contributed by atoms with Crippen LogP contribution in [0.25, 0.3) is 0 Å². The maximum Gasteiger partial charge on any atom is 0.234 e. The molecular weight excluding hydrogens is 232 g/mol. The van der Waals surface area contributed by atoms with Gasteiger partial charge in [0.15, 0.2) is 0 Å². The normalized spacial score (nSPS) is 19.7. The third-order valence-corrected chi connectivity index (χ3v) is 4.19. The largest absolute Gasteiger partial charge is 0.352 e. The van der Waals surface area contributed by atoms with Crippen molar-refractivity contribution >= 4 is 17.2 Å². The lowest BCUT2D eigenvalue weighted by Crippen LogP contribution is -2.41. The van der Waals surface area contributed by atoms with Crippen LogP contribution in [0.4, 0.5) is 0 Å². The van der Waals surface area contributed by atoms with Crippen molar-refractivity contribution in [2.75, 3.05) is 19.6 Å². The summed E-state index contributed by atoms with van der Waals surface area (Å²) >= 11 is 1.82. The average molecular weight is 250 g/mol. The Balaban J connectivity index is 1.95. The molecule has 1 aliphatic heterocycles. The number of hydrogen-bond acceptors (Lipinski definition) is 3. The maximum atomic E-state index is 11.7. The fraction of sp³-hybridized carbons (Fsp3) is 0.462. The molecule has 92 valence electrons. The van der Waals surface area contributed by atoms with Gasteiger partial charge in [-0.25, -0.2) is 0 Å². The van der Waals surface area contributed by atoms with Gasteiger partial charge in [0.05, 0.1) is 6.54 Å². The first kappa shape index (κ1) is 12.3. The molecule has 2 rings (SSSR count). The zero-order chi connectivity index (χ0) is 12.3. The molecule has 0 aromatic carbocycles. The van der Waals surface area contributed by atoms with Crippen molar-refractivity contribution < 1.29 is 4.79 Å². The quantitative estimate of drug-likeness (QED) is 0.829. The lowest BCUT2D eigenvalue weighted by Gasteiger charge is -2.32. The van der Waals surface area contributed by atoms with Crippen LogP contribution in [0.2, 0.25) is 0 Å². The summed E-state index contributed by atoms with van der Waals surface area (Å²) in [5, 5.41) is 4.96. The number of rotatable bonds is 4. The van der Waals surface area contributed by atoms with Gasteiger partial charge < -0.3 is 5.32 Å². The van der Waals surface area contributed by atoms with E-state index in [4.69, 9.17) is 0 Å². The van der Waals surface area contributed by atoms with E-state index in [-0.39, 0.29) is 5.91 Å². The molecule has 0 radical (unpaired) electrons. The summed E-state index contributed by atoms with van der Waals surface area (Å²) in [6, 6.07) is 2.53. The van der Waals surface area contributed by atoms with Crippen molar-refractivity contribution in [3.8, 4) is 0 Å². The smallest absolute Gasteiger partial charge is 0.234 e. The van der Waals surface area contributed by atoms with Crippen LogP contribution in [0.3, 0.4) is 0 Å². The second-order valence-electron chi connectivity index (χ2n) is 4.29. The number of carbonyl (C=O) groups excluding carboxylic acids is 1. The van der Waals surface area contributed by atoms with E-state index in [2.05, 4.69) is 35.2 Å². The molecule has 0 saturated carbocycles. The molecule has 0 fully saturated rings. The number of nitrogens with zero attached hydrogens (tertiary/aromatic N) is 1. The molecule has 17 heavy (non-hydrogen) atoms. The highest BCUT2D eigenvalue weighted by Gasteiger charge is 2.25. The standard InChI is InChI=1S/C13H18N2OS/c1-3-6-14-13(16)9-15-7-4-12-11(10(15)2)5-8-17-12/h3,5,8,10H,1,4,6-7,9H2,2H3,(H,14,16). The molecule has 0 bridgehead atoms. The van der Waals surface area contributed by atoms with Crippen LogP contribution in [-0.2, 0) is 11.2 Å². The molecule has 1 N–H and O–H groups in total. The number of thiophene rings is 1. The van der Waals surface area contributed by atoms with Gasteiger partial charge in [-0.05, 0) is 30.4 Å². The van der Waals surface area contributed by atoms with Gasteiger partial charge in [-0.15, -0.1) is 17.9 Å². The fourth-order valence-electron chi connectivity index (χ4n) is 2.20. The predicted molar refractivity (Wildman–Crippen MR) is 71.2 cm³/mol. The summed E-state index contributed by atoms with van der Waals surface area (Å²) in [6.07, 6.45) is 2.76. The Morgan fingerprint density at radius 1 is 1.76 bits per heavy atom. The summed E-state index contributed by atoms with van der Waals surface area (Å²) in [5.41, 5.74) is 1.39. The van der Waals surface area contributed by atoms with Crippen molar-refractivity contribution in [3.05, 3.63) is 34.5 Å². The van der Waals surface area contributed by atoms with E-state index in [1.54, 1.807) is 6.08 Å². The fourth-order valence-corrected chi connectivity index (χ4v) is 3.17. The predicted octanol–water partition coefficient (Wildman–Crippen LogP) is 1.97. The van der Waals surface area contributed by atoms with E-state index >= 15 is 0 Å². The van der Waals surface area contributed by atoms with Crippen molar-refractivity contribution in [2.45, 2.75) is 19.4 Å². The first-order chi connectivity index (χ1) is 8.22. The molecule has 1 aliphatic rings. The second kappa shape index (κ2) is 5.47. The van der Waals surface area contributed by atoms with Gasteiger partial charge in [0.1, 0.15) is 0 Å². The summed E-state index contributed by atoms with van der Waals surface area (Å²) < 4.78 is 0. The number of fused-ring (bicyclic) bond motifs is 1. The minimum atomic E-state index is 0.0791. The van der Waals surface area contributed by atoms with Crippen molar-refractivity contribution in [2.24, 2.45) is 0 Å². The zero-order valence-electron chi connectivity index (χ0n) is 10.1. The van der Waals surface area contributed by atoms with Crippen LogP contribution >= 0.6 is 11.3 Å². The van der Waals surface area contributed by atoms with Gasteiger partial charge in [-0.1, -0.05) is 6.08 Å². The molecule has 1 atom stereocenters. The lowest BCUT2D eigenvalue weighted by atomic mass is 10.0. The van der Waals surface area contributed by atoms with Gasteiger partial charge >= 0.3 is 0 Å². The van der Waals surface area contributed by atoms with E-state index in [1.807, 2.05) is 11.3 Å². The summed E-state index contributed by atoms with van der Waals surface area (Å²) in [7, 11) is 0. The molecule has 3 nitrogen and oxygen atoms in total. The molecule has 0 saturated heterocycles. The molecule has 0 spiro atoms. The van der Waals surface area contributed by atoms with Crippen molar-refractivity contribution in [1.29, 1.82) is 0 Å². The zero-order valence-corrected chi connectivity index (χ0v) is 10.9. The maximum absolute atomic E-state index is 11.7. The van der Waals surface area contributed by atoms with Gasteiger partial charge in [-0.3, -0.25) is 9.69 Å². The molecular formula is C13H18N2OS. The van der Waals surface area contributed by atoms with Crippen LogP contribution in [-0.4, -0.2) is 30.4 Å². The minimum Gasteiger partial charge on any atom is -0.352 e. The molecule has 0 aliphatic carbocycles.